The maximum Gasteiger partial charge on any atom is 0.248 e. The Balaban J connectivity index is 2.67. The molecule has 3 heteroatoms. The highest BCUT2D eigenvalue weighted by molar-refractivity contribution is 4.89. The first-order chi connectivity index (χ1) is 4.83. The number of hydrogen-bond acceptors (Lipinski definition) is 1. The lowest BCUT2D eigenvalue weighted by atomic mass is 9.73. The number of halogens is 2. The number of rotatable bonds is 0. The van der Waals surface area contributed by atoms with Crippen LogP contribution in [0.2, 0.25) is 0 Å². The highest BCUT2D eigenvalue weighted by Gasteiger charge is 2.45. The molecule has 0 heterocycles. The van der Waals surface area contributed by atoms with Gasteiger partial charge < -0.3 is 5.11 Å². The Labute approximate surface area is 65.4 Å². The van der Waals surface area contributed by atoms with Crippen molar-refractivity contribution in [1.29, 1.82) is 0 Å². The van der Waals surface area contributed by atoms with Crippen LogP contribution in [-0.4, -0.2) is 17.1 Å². The van der Waals surface area contributed by atoms with Crippen LogP contribution in [-0.2, 0) is 0 Å². The average molecular weight is 164 g/mol. The molecular weight excluding hydrogens is 150 g/mol. The summed E-state index contributed by atoms with van der Waals surface area (Å²) in [5, 5.41) is 9.34. The van der Waals surface area contributed by atoms with E-state index in [9.17, 15) is 13.9 Å². The third kappa shape index (κ3) is 1.89. The lowest BCUT2D eigenvalue weighted by Gasteiger charge is -2.39. The molecule has 1 atom stereocenters. The largest absolute Gasteiger partial charge is 0.393 e. The zero-order valence-electron chi connectivity index (χ0n) is 6.90. The molecule has 1 rings (SSSR count). The zero-order chi connectivity index (χ0) is 8.70. The van der Waals surface area contributed by atoms with Crippen molar-refractivity contribution in [2.75, 3.05) is 0 Å². The van der Waals surface area contributed by atoms with Gasteiger partial charge >= 0.3 is 0 Å². The average Bonchev–Trinajstić information content (AvgIpc) is 1.77. The van der Waals surface area contributed by atoms with Crippen molar-refractivity contribution >= 4 is 0 Å². The normalized spacial score (nSPS) is 35.2. The molecule has 0 bridgehead atoms. The number of aliphatic hydroxyl groups is 1. The molecule has 0 radical (unpaired) electrons. The van der Waals surface area contributed by atoms with E-state index in [0.717, 1.165) is 0 Å². The van der Waals surface area contributed by atoms with Crippen LogP contribution in [0, 0.1) is 5.41 Å². The molecule has 11 heavy (non-hydrogen) atoms. The second kappa shape index (κ2) is 2.41. The van der Waals surface area contributed by atoms with Gasteiger partial charge in [-0.05, 0) is 11.8 Å². The van der Waals surface area contributed by atoms with Gasteiger partial charge in [0.2, 0.25) is 5.92 Å². The van der Waals surface area contributed by atoms with Crippen LogP contribution in [0.25, 0.3) is 0 Å². The van der Waals surface area contributed by atoms with Crippen LogP contribution < -0.4 is 0 Å². The summed E-state index contributed by atoms with van der Waals surface area (Å²) >= 11 is 0. The molecule has 0 aliphatic heterocycles. The van der Waals surface area contributed by atoms with Crippen molar-refractivity contribution in [3.8, 4) is 0 Å². The lowest BCUT2D eigenvalue weighted by molar-refractivity contribution is -0.121. The van der Waals surface area contributed by atoms with Gasteiger partial charge in [0.05, 0.1) is 6.10 Å². The highest BCUT2D eigenvalue weighted by atomic mass is 19.3. The Morgan fingerprint density at radius 3 is 2.27 bits per heavy atom. The summed E-state index contributed by atoms with van der Waals surface area (Å²) < 4.78 is 25.5. The van der Waals surface area contributed by atoms with Crippen molar-refractivity contribution < 1.29 is 13.9 Å². The number of alkyl halides is 2. The molecule has 0 aromatic heterocycles. The summed E-state index contributed by atoms with van der Waals surface area (Å²) in [6, 6.07) is 0. The summed E-state index contributed by atoms with van der Waals surface area (Å²) in [7, 11) is 0. The summed E-state index contributed by atoms with van der Waals surface area (Å²) in [6.07, 6.45) is -0.708. The van der Waals surface area contributed by atoms with E-state index in [1.807, 2.05) is 0 Å². The van der Waals surface area contributed by atoms with E-state index >= 15 is 0 Å². The first kappa shape index (κ1) is 8.91. The third-order valence-electron chi connectivity index (χ3n) is 2.40. The van der Waals surface area contributed by atoms with E-state index in [1.165, 1.54) is 0 Å². The summed E-state index contributed by atoms with van der Waals surface area (Å²) in [5.41, 5.74) is -0.623. The molecule has 0 spiro atoms. The Kier molecular flexibility index (Phi) is 1.95. The van der Waals surface area contributed by atoms with E-state index in [0.29, 0.717) is 0 Å². The molecule has 66 valence electrons. The molecular formula is C8H14F2O. The van der Waals surface area contributed by atoms with Gasteiger partial charge in [0.1, 0.15) is 0 Å². The molecule has 1 unspecified atom stereocenters. The maximum absolute atomic E-state index is 12.8. The fourth-order valence-electron chi connectivity index (χ4n) is 1.61. The lowest BCUT2D eigenvalue weighted by Crippen LogP contribution is -2.41. The molecule has 0 saturated heterocycles. The van der Waals surface area contributed by atoms with Crippen LogP contribution in [0.3, 0.4) is 0 Å². The Morgan fingerprint density at radius 2 is 1.91 bits per heavy atom. The van der Waals surface area contributed by atoms with Crippen molar-refractivity contribution in [1.82, 2.24) is 0 Å². The van der Waals surface area contributed by atoms with Gasteiger partial charge in [-0.3, -0.25) is 0 Å². The van der Waals surface area contributed by atoms with Gasteiger partial charge in [0, 0.05) is 12.8 Å². The van der Waals surface area contributed by atoms with E-state index in [-0.39, 0.29) is 19.3 Å². The predicted octanol–water partition coefficient (Wildman–Crippen LogP) is 2.19. The highest BCUT2D eigenvalue weighted by Crippen LogP contribution is 2.43. The molecule has 1 aliphatic rings. The van der Waals surface area contributed by atoms with E-state index in [2.05, 4.69) is 0 Å². The third-order valence-corrected chi connectivity index (χ3v) is 2.40. The fourth-order valence-corrected chi connectivity index (χ4v) is 1.61. The maximum atomic E-state index is 12.8. The van der Waals surface area contributed by atoms with Crippen molar-refractivity contribution in [3.63, 3.8) is 0 Å². The molecule has 1 nitrogen and oxygen atoms in total. The first-order valence-corrected chi connectivity index (χ1v) is 3.89. The van der Waals surface area contributed by atoms with Crippen LogP contribution in [0.15, 0.2) is 0 Å². The minimum absolute atomic E-state index is 0.169. The second-order valence-corrected chi connectivity index (χ2v) is 4.08. The smallest absolute Gasteiger partial charge is 0.248 e. The topological polar surface area (TPSA) is 20.2 Å². The first-order valence-electron chi connectivity index (χ1n) is 3.89. The van der Waals surface area contributed by atoms with Crippen LogP contribution in [0.1, 0.15) is 33.1 Å². The summed E-state index contributed by atoms with van der Waals surface area (Å²) in [6.45, 7) is 3.37. The van der Waals surface area contributed by atoms with E-state index in [4.69, 9.17) is 0 Å². The molecule has 1 N–H and O–H groups in total. The molecule has 0 amide bonds. The Hall–Kier alpha value is -0.180. The summed E-state index contributed by atoms with van der Waals surface area (Å²) in [4.78, 5) is 0. The second-order valence-electron chi connectivity index (χ2n) is 4.08. The van der Waals surface area contributed by atoms with Crippen LogP contribution >= 0.6 is 0 Å². The van der Waals surface area contributed by atoms with E-state index < -0.39 is 17.4 Å². The van der Waals surface area contributed by atoms with Crippen molar-refractivity contribution in [3.05, 3.63) is 0 Å². The van der Waals surface area contributed by atoms with Crippen molar-refractivity contribution in [2.24, 2.45) is 5.41 Å². The van der Waals surface area contributed by atoms with Gasteiger partial charge in [-0.1, -0.05) is 13.8 Å². The van der Waals surface area contributed by atoms with Gasteiger partial charge in [-0.15, -0.1) is 0 Å². The Bertz CT molecular complexity index is 154. The Morgan fingerprint density at radius 1 is 1.36 bits per heavy atom. The molecule has 0 aromatic carbocycles. The monoisotopic (exact) mass is 164 g/mol. The zero-order valence-corrected chi connectivity index (χ0v) is 6.90. The van der Waals surface area contributed by atoms with Crippen molar-refractivity contribution in [2.45, 2.75) is 45.1 Å². The molecule has 1 saturated carbocycles. The van der Waals surface area contributed by atoms with Gasteiger partial charge in [-0.25, -0.2) is 8.78 Å². The molecule has 0 aromatic rings. The van der Waals surface area contributed by atoms with Crippen LogP contribution in [0.5, 0.6) is 0 Å². The summed E-state index contributed by atoms with van der Waals surface area (Å²) in [5.74, 6) is -2.57. The van der Waals surface area contributed by atoms with Crippen LogP contribution in [0.4, 0.5) is 8.78 Å². The number of hydrogen-bond donors (Lipinski definition) is 1. The molecule has 1 fully saturated rings. The minimum Gasteiger partial charge on any atom is -0.393 e. The van der Waals surface area contributed by atoms with Gasteiger partial charge in [-0.2, -0.15) is 0 Å². The minimum atomic E-state index is -2.57. The fraction of sp³-hybridized carbons (Fsp3) is 1.00. The SMILES string of the molecule is CC1(C)CC(F)(F)CCC1O. The van der Waals surface area contributed by atoms with E-state index in [1.54, 1.807) is 13.8 Å². The van der Waals surface area contributed by atoms with Gasteiger partial charge in [0.15, 0.2) is 0 Å². The predicted molar refractivity (Wildman–Crippen MR) is 38.6 cm³/mol. The quantitative estimate of drug-likeness (QED) is 0.582. The standard InChI is InChI=1S/C8H14F2O/c1-7(2)5-8(9,10)4-3-6(7)11/h6,11H,3-5H2,1-2H3. The van der Waals surface area contributed by atoms with Gasteiger partial charge in [0.25, 0.3) is 0 Å². The molecule has 1 aliphatic carbocycles. The number of aliphatic hydroxyl groups excluding tert-OH is 1.